The number of hydrogen-bond acceptors (Lipinski definition) is 4. The molecule has 0 aliphatic rings. The number of amides is 1. The van der Waals surface area contributed by atoms with Crippen molar-refractivity contribution < 1.29 is 14.6 Å². The van der Waals surface area contributed by atoms with Gasteiger partial charge in [0.25, 0.3) is 5.91 Å². The minimum Gasteiger partial charge on any atom is -0.507 e. The number of phenolic OH excluding ortho intramolecular Hbond substituents is 1. The van der Waals surface area contributed by atoms with E-state index in [4.69, 9.17) is 4.74 Å². The summed E-state index contributed by atoms with van der Waals surface area (Å²) in [6.45, 7) is 4.46. The Morgan fingerprint density at radius 3 is 2.43 bits per heavy atom. The van der Waals surface area contributed by atoms with Gasteiger partial charge in [0.1, 0.15) is 11.5 Å². The Kier molecular flexibility index (Phi) is 5.40. The van der Waals surface area contributed by atoms with E-state index in [9.17, 15) is 9.90 Å². The SMILES string of the molecule is COc1ccc(O)c(-c2ccc(C(=O)N(C)Cc3c(C)nn(C)c3C)cc2)c1. The van der Waals surface area contributed by atoms with Crippen LogP contribution in [0.15, 0.2) is 42.5 Å². The highest BCUT2D eigenvalue weighted by atomic mass is 16.5. The Bertz CT molecular complexity index is 1010. The van der Waals surface area contributed by atoms with E-state index >= 15 is 0 Å². The summed E-state index contributed by atoms with van der Waals surface area (Å²) in [6, 6.07) is 12.3. The van der Waals surface area contributed by atoms with Crippen LogP contribution in [0.2, 0.25) is 0 Å². The molecule has 3 rings (SSSR count). The van der Waals surface area contributed by atoms with Gasteiger partial charge in [-0.15, -0.1) is 0 Å². The molecule has 0 unspecified atom stereocenters. The molecule has 2 aromatic carbocycles. The number of aromatic hydroxyl groups is 1. The quantitative estimate of drug-likeness (QED) is 0.734. The van der Waals surface area contributed by atoms with Gasteiger partial charge in [-0.25, -0.2) is 0 Å². The fraction of sp³-hybridized carbons (Fsp3) is 0.273. The van der Waals surface area contributed by atoms with Gasteiger partial charge in [-0.05, 0) is 49.7 Å². The number of hydrogen-bond donors (Lipinski definition) is 1. The third kappa shape index (κ3) is 3.71. The van der Waals surface area contributed by atoms with Crippen molar-refractivity contribution >= 4 is 5.91 Å². The Labute approximate surface area is 165 Å². The first-order valence-electron chi connectivity index (χ1n) is 9.03. The van der Waals surface area contributed by atoms with Crippen LogP contribution in [0.5, 0.6) is 11.5 Å². The lowest BCUT2D eigenvalue weighted by molar-refractivity contribution is 0.0784. The number of benzene rings is 2. The molecule has 0 aliphatic carbocycles. The number of nitrogens with zero attached hydrogens (tertiary/aromatic N) is 3. The zero-order chi connectivity index (χ0) is 20.4. The molecule has 1 aromatic heterocycles. The van der Waals surface area contributed by atoms with Crippen molar-refractivity contribution in [2.75, 3.05) is 14.2 Å². The number of carbonyl (C=O) groups excluding carboxylic acids is 1. The number of rotatable bonds is 5. The summed E-state index contributed by atoms with van der Waals surface area (Å²) in [7, 11) is 5.27. The number of aromatic nitrogens is 2. The lowest BCUT2D eigenvalue weighted by Crippen LogP contribution is -2.26. The van der Waals surface area contributed by atoms with Crippen molar-refractivity contribution in [2.45, 2.75) is 20.4 Å². The number of phenols is 1. The van der Waals surface area contributed by atoms with Gasteiger partial charge in [0.2, 0.25) is 0 Å². The molecular weight excluding hydrogens is 354 g/mol. The van der Waals surface area contributed by atoms with Crippen LogP contribution in [0.3, 0.4) is 0 Å². The summed E-state index contributed by atoms with van der Waals surface area (Å²) in [5.41, 5.74) is 5.12. The summed E-state index contributed by atoms with van der Waals surface area (Å²) in [5, 5.41) is 14.5. The minimum atomic E-state index is -0.0657. The van der Waals surface area contributed by atoms with Gasteiger partial charge in [0, 0.05) is 43.0 Å². The van der Waals surface area contributed by atoms with Crippen molar-refractivity contribution in [3.05, 3.63) is 65.0 Å². The molecule has 0 atom stereocenters. The summed E-state index contributed by atoms with van der Waals surface area (Å²) in [6.07, 6.45) is 0. The van der Waals surface area contributed by atoms with E-state index in [0.29, 0.717) is 23.4 Å². The summed E-state index contributed by atoms with van der Waals surface area (Å²) in [4.78, 5) is 14.5. The van der Waals surface area contributed by atoms with E-state index in [-0.39, 0.29) is 11.7 Å². The molecule has 6 heteroatoms. The van der Waals surface area contributed by atoms with E-state index in [2.05, 4.69) is 5.10 Å². The molecule has 146 valence electrons. The van der Waals surface area contributed by atoms with E-state index in [1.807, 2.05) is 37.7 Å². The highest BCUT2D eigenvalue weighted by Crippen LogP contribution is 2.32. The molecule has 0 spiro atoms. The number of ether oxygens (including phenoxy) is 1. The fourth-order valence-corrected chi connectivity index (χ4v) is 3.24. The summed E-state index contributed by atoms with van der Waals surface area (Å²) >= 11 is 0. The monoisotopic (exact) mass is 379 g/mol. The van der Waals surface area contributed by atoms with Gasteiger partial charge in [-0.3, -0.25) is 9.48 Å². The Morgan fingerprint density at radius 1 is 1.18 bits per heavy atom. The van der Waals surface area contributed by atoms with Crippen LogP contribution in [0.4, 0.5) is 0 Å². The Balaban J connectivity index is 1.80. The lowest BCUT2D eigenvalue weighted by atomic mass is 10.0. The van der Waals surface area contributed by atoms with Crippen LogP contribution < -0.4 is 4.74 Å². The van der Waals surface area contributed by atoms with Gasteiger partial charge in [-0.2, -0.15) is 5.10 Å². The summed E-state index contributed by atoms with van der Waals surface area (Å²) in [5.74, 6) is 0.762. The average molecular weight is 379 g/mol. The van der Waals surface area contributed by atoms with E-state index in [0.717, 1.165) is 22.5 Å². The molecule has 1 N–H and O–H groups in total. The molecule has 28 heavy (non-hydrogen) atoms. The Hall–Kier alpha value is -3.28. The first-order valence-corrected chi connectivity index (χ1v) is 9.03. The maximum absolute atomic E-state index is 12.8. The van der Waals surface area contributed by atoms with Crippen LogP contribution in [-0.2, 0) is 13.6 Å². The minimum absolute atomic E-state index is 0.0657. The molecule has 0 fully saturated rings. The fourth-order valence-electron chi connectivity index (χ4n) is 3.24. The van der Waals surface area contributed by atoms with Crippen LogP contribution in [0, 0.1) is 13.8 Å². The molecule has 0 bridgehead atoms. The van der Waals surface area contributed by atoms with Crippen LogP contribution in [0.1, 0.15) is 27.3 Å². The molecule has 0 aliphatic heterocycles. The highest BCUT2D eigenvalue weighted by molar-refractivity contribution is 5.94. The molecule has 6 nitrogen and oxygen atoms in total. The van der Waals surface area contributed by atoms with Crippen molar-refractivity contribution in [3.63, 3.8) is 0 Å². The van der Waals surface area contributed by atoms with E-state index in [1.54, 1.807) is 49.4 Å². The maximum Gasteiger partial charge on any atom is 0.253 e. The third-order valence-corrected chi connectivity index (χ3v) is 5.05. The second-order valence-corrected chi connectivity index (χ2v) is 6.89. The normalized spacial score (nSPS) is 10.8. The van der Waals surface area contributed by atoms with Crippen molar-refractivity contribution in [1.29, 1.82) is 0 Å². The first-order chi connectivity index (χ1) is 13.3. The van der Waals surface area contributed by atoms with Crippen molar-refractivity contribution in [3.8, 4) is 22.6 Å². The van der Waals surface area contributed by atoms with Crippen LogP contribution in [0.25, 0.3) is 11.1 Å². The number of aryl methyl sites for hydroxylation is 2. The van der Waals surface area contributed by atoms with Crippen LogP contribution >= 0.6 is 0 Å². The van der Waals surface area contributed by atoms with Crippen molar-refractivity contribution in [1.82, 2.24) is 14.7 Å². The predicted molar refractivity (Wildman–Crippen MR) is 109 cm³/mol. The highest BCUT2D eigenvalue weighted by Gasteiger charge is 2.17. The molecule has 0 saturated carbocycles. The molecule has 3 aromatic rings. The molecular formula is C22H25N3O3. The zero-order valence-corrected chi connectivity index (χ0v) is 16.9. The second kappa shape index (κ2) is 7.76. The smallest absolute Gasteiger partial charge is 0.253 e. The second-order valence-electron chi connectivity index (χ2n) is 6.89. The predicted octanol–water partition coefficient (Wildman–Crippen LogP) is 3.69. The number of methoxy groups -OCH3 is 1. The van der Waals surface area contributed by atoms with Crippen LogP contribution in [-0.4, -0.2) is 39.9 Å². The third-order valence-electron chi connectivity index (χ3n) is 5.05. The molecule has 0 radical (unpaired) electrons. The standard InChI is InChI=1S/C22H25N3O3/c1-14-20(15(2)25(4)23-14)13-24(3)22(27)17-8-6-16(7-9-17)19-12-18(28-5)10-11-21(19)26/h6-12,26H,13H2,1-5H3. The summed E-state index contributed by atoms with van der Waals surface area (Å²) < 4.78 is 7.06. The van der Waals surface area contributed by atoms with Gasteiger partial charge in [0.15, 0.2) is 0 Å². The van der Waals surface area contributed by atoms with Gasteiger partial charge >= 0.3 is 0 Å². The lowest BCUT2D eigenvalue weighted by Gasteiger charge is -2.18. The van der Waals surface area contributed by atoms with Crippen molar-refractivity contribution in [2.24, 2.45) is 7.05 Å². The Morgan fingerprint density at radius 2 is 1.86 bits per heavy atom. The molecule has 1 amide bonds. The largest absolute Gasteiger partial charge is 0.507 e. The van der Waals surface area contributed by atoms with Gasteiger partial charge in [-0.1, -0.05) is 12.1 Å². The van der Waals surface area contributed by atoms with Gasteiger partial charge in [0.05, 0.1) is 12.8 Å². The molecule has 0 saturated heterocycles. The van der Waals surface area contributed by atoms with E-state index < -0.39 is 0 Å². The number of carbonyl (C=O) groups is 1. The maximum atomic E-state index is 12.8. The van der Waals surface area contributed by atoms with Gasteiger partial charge < -0.3 is 14.7 Å². The van der Waals surface area contributed by atoms with E-state index in [1.165, 1.54) is 0 Å². The topological polar surface area (TPSA) is 67.6 Å². The zero-order valence-electron chi connectivity index (χ0n) is 16.9. The molecule has 1 heterocycles. The first kappa shape index (κ1) is 19.5. The average Bonchev–Trinajstić information content (AvgIpc) is 2.94.